The Bertz CT molecular complexity index is 1260. The number of nitrogens with one attached hydrogen (secondary N) is 1. The van der Waals surface area contributed by atoms with E-state index in [0.29, 0.717) is 31.9 Å². The number of morpholine rings is 1. The van der Waals surface area contributed by atoms with Crippen LogP contribution in [0.5, 0.6) is 0 Å². The molecule has 1 N–H and O–H groups in total. The van der Waals surface area contributed by atoms with Crippen molar-refractivity contribution in [2.75, 3.05) is 31.2 Å². The highest BCUT2D eigenvalue weighted by Gasteiger charge is 2.26. The summed E-state index contributed by atoms with van der Waals surface area (Å²) in [5.74, 6) is 0.175. The smallest absolute Gasteiger partial charge is 0.282 e. The van der Waals surface area contributed by atoms with Gasteiger partial charge in [-0.25, -0.2) is 17.8 Å². The second kappa shape index (κ2) is 8.22. The average molecular weight is 424 g/mol. The van der Waals surface area contributed by atoms with E-state index >= 15 is 0 Å². The average Bonchev–Trinajstić information content (AvgIpc) is 2.77. The minimum atomic E-state index is -4.09. The largest absolute Gasteiger partial charge is 0.373 e. The highest BCUT2D eigenvalue weighted by atomic mass is 32.2. The van der Waals surface area contributed by atoms with Crippen molar-refractivity contribution in [1.82, 2.24) is 0 Å². The molecule has 3 aromatic rings. The van der Waals surface area contributed by atoms with Gasteiger partial charge in [-0.1, -0.05) is 18.2 Å². The maximum absolute atomic E-state index is 13.2. The lowest BCUT2D eigenvalue weighted by Gasteiger charge is -2.22. The number of aromatic amines is 1. The van der Waals surface area contributed by atoms with Gasteiger partial charge in [-0.15, -0.1) is 0 Å². The zero-order valence-corrected chi connectivity index (χ0v) is 16.8. The number of H-pyrrole nitrogens is 1. The van der Waals surface area contributed by atoms with Gasteiger partial charge >= 0.3 is 0 Å². The van der Waals surface area contributed by atoms with Crippen molar-refractivity contribution in [2.45, 2.75) is 4.90 Å². The van der Waals surface area contributed by atoms with Crippen LogP contribution < -0.4 is 9.88 Å². The van der Waals surface area contributed by atoms with Crippen molar-refractivity contribution in [3.8, 4) is 6.07 Å². The lowest BCUT2D eigenvalue weighted by molar-refractivity contribution is -0.331. The van der Waals surface area contributed by atoms with E-state index in [9.17, 15) is 18.1 Å². The molecule has 0 unspecified atom stereocenters. The van der Waals surface area contributed by atoms with Crippen LogP contribution in [0.15, 0.2) is 64.4 Å². The minimum absolute atomic E-state index is 0.130. The summed E-state index contributed by atoms with van der Waals surface area (Å²) in [5.41, 5.74) is 1.48. The summed E-state index contributed by atoms with van der Waals surface area (Å²) in [6.45, 7) is 2.40. The van der Waals surface area contributed by atoms with Gasteiger partial charge in [0.25, 0.3) is 5.82 Å². The van der Waals surface area contributed by atoms with E-state index in [0.717, 1.165) is 41.0 Å². The molecule has 4 rings (SSSR count). The maximum Gasteiger partial charge on any atom is 0.282 e. The Labute approximate surface area is 173 Å². The summed E-state index contributed by atoms with van der Waals surface area (Å²) < 4.78 is 44.6. The molecule has 0 spiro atoms. The summed E-state index contributed by atoms with van der Waals surface area (Å²) in [5, 5.41) is 10.5. The van der Waals surface area contributed by atoms with E-state index in [1.807, 2.05) is 30.3 Å². The Balaban J connectivity index is 1.86. The zero-order valence-electron chi connectivity index (χ0n) is 16.0. The topological polar surface area (TPSA) is 84.5 Å². The molecule has 0 aliphatic carbocycles. The first-order valence-electron chi connectivity index (χ1n) is 9.39. The fourth-order valence-corrected chi connectivity index (χ4v) is 4.53. The second-order valence-corrected chi connectivity index (χ2v) is 8.76. The predicted octanol–water partition coefficient (Wildman–Crippen LogP) is 2.97. The number of ether oxygens (including phenoxy) is 1. The molecule has 1 aromatic heterocycles. The van der Waals surface area contributed by atoms with Crippen LogP contribution in [0, 0.1) is 17.1 Å². The molecule has 0 atom stereocenters. The molecular formula is C22H19FN3O3S+. The van der Waals surface area contributed by atoms with E-state index in [1.165, 1.54) is 6.08 Å². The molecule has 0 saturated carbocycles. The summed E-state index contributed by atoms with van der Waals surface area (Å²) in [6.07, 6.45) is 1.37. The molecular weight excluding hydrogens is 405 g/mol. The van der Waals surface area contributed by atoms with Gasteiger partial charge in [0.15, 0.2) is 0 Å². The van der Waals surface area contributed by atoms with Gasteiger partial charge in [0.05, 0.1) is 23.7 Å². The Hall–Kier alpha value is -3.28. The maximum atomic E-state index is 13.2. The summed E-state index contributed by atoms with van der Waals surface area (Å²) >= 11 is 0. The van der Waals surface area contributed by atoms with Gasteiger partial charge in [-0.2, -0.15) is 5.26 Å². The Kier molecular flexibility index (Phi) is 5.48. The van der Waals surface area contributed by atoms with Gasteiger partial charge in [0.1, 0.15) is 35.4 Å². The summed E-state index contributed by atoms with van der Waals surface area (Å²) in [6, 6.07) is 15.7. The van der Waals surface area contributed by atoms with Gasteiger partial charge in [-0.05, 0) is 42.5 Å². The van der Waals surface area contributed by atoms with Crippen LogP contribution in [0.2, 0.25) is 0 Å². The number of pyridine rings is 1. The van der Waals surface area contributed by atoms with E-state index in [-0.39, 0.29) is 4.90 Å². The summed E-state index contributed by atoms with van der Waals surface area (Å²) in [4.78, 5) is 4.90. The van der Waals surface area contributed by atoms with Crippen molar-refractivity contribution < 1.29 is 22.5 Å². The molecule has 2 heterocycles. The molecule has 0 bridgehead atoms. The number of hydrogen-bond acceptors (Lipinski definition) is 5. The number of aromatic nitrogens is 1. The third-order valence-electron chi connectivity index (χ3n) is 4.94. The SMILES string of the molecule is N#C/C(=C\c1cc2ccccc2[nH+]c1N1CCOCC1)S(=O)(=O)c1ccc(F)cc1. The van der Waals surface area contributed by atoms with Crippen LogP contribution in [0.4, 0.5) is 10.2 Å². The Morgan fingerprint density at radius 3 is 2.53 bits per heavy atom. The molecule has 8 heteroatoms. The first kappa shape index (κ1) is 20.0. The fraction of sp³-hybridized carbons (Fsp3) is 0.182. The predicted molar refractivity (Wildman–Crippen MR) is 111 cm³/mol. The van der Waals surface area contributed by atoms with E-state index in [1.54, 1.807) is 6.07 Å². The first-order valence-corrected chi connectivity index (χ1v) is 10.9. The lowest BCUT2D eigenvalue weighted by atomic mass is 10.1. The van der Waals surface area contributed by atoms with Crippen LogP contribution in [-0.4, -0.2) is 34.7 Å². The number of benzene rings is 2. The number of hydrogen-bond donors (Lipinski definition) is 0. The molecule has 1 fully saturated rings. The molecule has 152 valence electrons. The van der Waals surface area contributed by atoms with E-state index < -0.39 is 20.6 Å². The standard InChI is InChI=1S/C22H18FN3O3S/c23-18-5-7-19(8-6-18)30(27,28)20(15-24)14-17-13-16-3-1-2-4-21(16)25-22(17)26-9-11-29-12-10-26/h1-8,13-14H,9-12H2/p+1/b20-14+. The van der Waals surface area contributed by atoms with Crippen molar-refractivity contribution in [3.63, 3.8) is 0 Å². The third kappa shape index (κ3) is 3.90. The zero-order chi connectivity index (χ0) is 21.1. The van der Waals surface area contributed by atoms with Crippen LogP contribution in [0.1, 0.15) is 5.56 Å². The molecule has 1 saturated heterocycles. The van der Waals surface area contributed by atoms with Gasteiger partial charge in [0, 0.05) is 5.39 Å². The van der Waals surface area contributed by atoms with Crippen LogP contribution in [0.3, 0.4) is 0 Å². The summed E-state index contributed by atoms with van der Waals surface area (Å²) in [7, 11) is -4.09. The normalized spacial score (nSPS) is 15.2. The molecule has 0 radical (unpaired) electrons. The van der Waals surface area contributed by atoms with Crippen LogP contribution >= 0.6 is 0 Å². The molecule has 6 nitrogen and oxygen atoms in total. The number of anilines is 1. The molecule has 30 heavy (non-hydrogen) atoms. The minimum Gasteiger partial charge on any atom is -0.373 e. The fourth-order valence-electron chi connectivity index (χ4n) is 3.38. The van der Waals surface area contributed by atoms with Crippen LogP contribution in [-0.2, 0) is 14.6 Å². The van der Waals surface area contributed by atoms with Crippen molar-refractivity contribution in [3.05, 3.63) is 70.9 Å². The monoisotopic (exact) mass is 424 g/mol. The Morgan fingerprint density at radius 1 is 1.13 bits per heavy atom. The van der Waals surface area contributed by atoms with Gasteiger partial charge in [0.2, 0.25) is 9.84 Å². The van der Waals surface area contributed by atoms with Crippen molar-refractivity contribution in [1.29, 1.82) is 5.26 Å². The molecule has 0 amide bonds. The number of fused-ring (bicyclic) bond motifs is 1. The number of rotatable bonds is 4. The van der Waals surface area contributed by atoms with E-state index in [4.69, 9.17) is 4.74 Å². The number of para-hydroxylation sites is 1. The van der Waals surface area contributed by atoms with Gasteiger partial charge < -0.3 is 4.74 Å². The number of sulfone groups is 1. The van der Waals surface area contributed by atoms with Gasteiger partial charge in [-0.3, -0.25) is 4.90 Å². The van der Waals surface area contributed by atoms with Crippen LogP contribution in [0.25, 0.3) is 17.0 Å². The third-order valence-corrected chi connectivity index (χ3v) is 6.62. The molecule has 2 aromatic carbocycles. The highest BCUT2D eigenvalue weighted by Crippen LogP contribution is 2.27. The molecule has 1 aliphatic heterocycles. The Morgan fingerprint density at radius 2 is 1.83 bits per heavy atom. The quantitative estimate of drug-likeness (QED) is 0.475. The number of nitriles is 1. The number of nitrogens with zero attached hydrogens (tertiary/aromatic N) is 2. The van der Waals surface area contributed by atoms with E-state index in [2.05, 4.69) is 9.88 Å². The highest BCUT2D eigenvalue weighted by molar-refractivity contribution is 7.95. The van der Waals surface area contributed by atoms with Crippen molar-refractivity contribution in [2.24, 2.45) is 0 Å². The lowest BCUT2D eigenvalue weighted by Crippen LogP contribution is -2.40. The second-order valence-electron chi connectivity index (χ2n) is 6.84. The first-order chi connectivity index (χ1) is 14.5. The number of allylic oxidation sites excluding steroid dienone is 1. The number of halogens is 1. The molecule has 1 aliphatic rings. The van der Waals surface area contributed by atoms with Crippen molar-refractivity contribution >= 4 is 32.6 Å².